The highest BCUT2D eigenvalue weighted by atomic mass is 16.5. The monoisotopic (exact) mass is 308 g/mol. The van der Waals surface area contributed by atoms with Gasteiger partial charge >= 0.3 is 0 Å². The van der Waals surface area contributed by atoms with E-state index in [1.165, 1.54) is 0 Å². The molecule has 2 rings (SSSR count). The van der Waals surface area contributed by atoms with Gasteiger partial charge in [0, 0.05) is 6.20 Å². The lowest BCUT2D eigenvalue weighted by Gasteiger charge is -2.12. The maximum absolute atomic E-state index is 9.37. The molecule has 1 aromatic carbocycles. The number of nitriles is 1. The summed E-state index contributed by atoms with van der Waals surface area (Å²) in [5.74, 6) is 1.41. The van der Waals surface area contributed by atoms with Crippen molar-refractivity contribution in [3.8, 4) is 17.6 Å². The summed E-state index contributed by atoms with van der Waals surface area (Å²) in [6.07, 6.45) is 4.41. The maximum atomic E-state index is 9.37. The lowest BCUT2D eigenvalue weighted by atomic mass is 10.1. The van der Waals surface area contributed by atoms with Crippen LogP contribution in [0.5, 0.6) is 11.5 Å². The number of pyridine rings is 1. The van der Waals surface area contributed by atoms with Gasteiger partial charge in [-0.15, -0.1) is 0 Å². The molecule has 0 spiro atoms. The van der Waals surface area contributed by atoms with Gasteiger partial charge in [0.2, 0.25) is 0 Å². The molecule has 0 unspecified atom stereocenters. The Labute approximate surface area is 137 Å². The van der Waals surface area contributed by atoms with E-state index < -0.39 is 0 Å². The first-order chi connectivity index (χ1) is 11.3. The third-order valence-electron chi connectivity index (χ3n) is 3.10. The SMILES string of the molecule is CCCOc1ccc(/C=C(/C#N)c2ccccn2)cc1OCC. The molecule has 4 nitrogen and oxygen atoms in total. The number of ether oxygens (including phenoxy) is 2. The highest BCUT2D eigenvalue weighted by Crippen LogP contribution is 2.30. The van der Waals surface area contributed by atoms with Crippen molar-refractivity contribution in [1.29, 1.82) is 5.26 Å². The van der Waals surface area contributed by atoms with E-state index in [0.29, 0.717) is 30.2 Å². The van der Waals surface area contributed by atoms with Crippen LogP contribution in [0, 0.1) is 11.3 Å². The van der Waals surface area contributed by atoms with Crippen LogP contribution in [0.4, 0.5) is 0 Å². The zero-order chi connectivity index (χ0) is 16.5. The summed E-state index contributed by atoms with van der Waals surface area (Å²) in [6, 6.07) is 13.4. The molecular formula is C19H20N2O2. The number of hydrogen-bond donors (Lipinski definition) is 0. The molecule has 0 aliphatic carbocycles. The average molecular weight is 308 g/mol. The van der Waals surface area contributed by atoms with E-state index in [1.807, 2.05) is 43.3 Å². The zero-order valence-electron chi connectivity index (χ0n) is 13.5. The van der Waals surface area contributed by atoms with Gasteiger partial charge in [-0.1, -0.05) is 19.1 Å². The predicted octanol–water partition coefficient (Wildman–Crippen LogP) is 4.33. The van der Waals surface area contributed by atoms with Crippen LogP contribution < -0.4 is 9.47 Å². The topological polar surface area (TPSA) is 55.1 Å². The Morgan fingerprint density at radius 3 is 2.70 bits per heavy atom. The van der Waals surface area contributed by atoms with Gasteiger partial charge in [-0.05, 0) is 49.2 Å². The predicted molar refractivity (Wildman–Crippen MR) is 91.1 cm³/mol. The van der Waals surface area contributed by atoms with Crippen LogP contribution in [0.1, 0.15) is 31.5 Å². The second kappa shape index (κ2) is 8.60. The van der Waals surface area contributed by atoms with Crippen molar-refractivity contribution >= 4 is 11.6 Å². The first kappa shape index (κ1) is 16.6. The summed E-state index contributed by atoms with van der Waals surface area (Å²) in [5, 5.41) is 9.37. The quantitative estimate of drug-likeness (QED) is 0.714. The van der Waals surface area contributed by atoms with Crippen LogP contribution in [-0.2, 0) is 0 Å². The van der Waals surface area contributed by atoms with Crippen LogP contribution in [-0.4, -0.2) is 18.2 Å². The van der Waals surface area contributed by atoms with Gasteiger partial charge in [0.25, 0.3) is 0 Å². The average Bonchev–Trinajstić information content (AvgIpc) is 2.60. The molecule has 0 aliphatic rings. The summed E-state index contributed by atoms with van der Waals surface area (Å²) in [7, 11) is 0. The Morgan fingerprint density at radius 2 is 2.04 bits per heavy atom. The summed E-state index contributed by atoms with van der Waals surface area (Å²) in [4.78, 5) is 4.22. The minimum Gasteiger partial charge on any atom is -0.490 e. The molecule has 0 fully saturated rings. The van der Waals surface area contributed by atoms with Crippen LogP contribution in [0.2, 0.25) is 0 Å². The van der Waals surface area contributed by atoms with Crippen molar-refractivity contribution in [2.24, 2.45) is 0 Å². The van der Waals surface area contributed by atoms with Crippen LogP contribution in [0.15, 0.2) is 42.6 Å². The van der Waals surface area contributed by atoms with E-state index in [1.54, 1.807) is 12.3 Å². The van der Waals surface area contributed by atoms with Gasteiger partial charge in [-0.3, -0.25) is 4.98 Å². The van der Waals surface area contributed by atoms with Crippen molar-refractivity contribution in [2.75, 3.05) is 13.2 Å². The second-order valence-electron chi connectivity index (χ2n) is 4.87. The Hall–Kier alpha value is -2.80. The van der Waals surface area contributed by atoms with Gasteiger partial charge in [-0.25, -0.2) is 0 Å². The minimum absolute atomic E-state index is 0.510. The molecule has 0 radical (unpaired) electrons. The molecule has 0 bridgehead atoms. The van der Waals surface area contributed by atoms with Crippen molar-refractivity contribution in [1.82, 2.24) is 4.98 Å². The van der Waals surface area contributed by atoms with Crippen LogP contribution in [0.3, 0.4) is 0 Å². The van der Waals surface area contributed by atoms with E-state index >= 15 is 0 Å². The first-order valence-electron chi connectivity index (χ1n) is 7.71. The van der Waals surface area contributed by atoms with Crippen LogP contribution in [0.25, 0.3) is 11.6 Å². The van der Waals surface area contributed by atoms with Crippen molar-refractivity contribution < 1.29 is 9.47 Å². The third kappa shape index (κ3) is 4.58. The molecule has 4 heteroatoms. The third-order valence-corrected chi connectivity index (χ3v) is 3.10. The van der Waals surface area contributed by atoms with E-state index in [-0.39, 0.29) is 0 Å². The molecule has 0 amide bonds. The van der Waals surface area contributed by atoms with Crippen LogP contribution >= 0.6 is 0 Å². The number of allylic oxidation sites excluding steroid dienone is 1. The Bertz CT molecular complexity index is 703. The molecule has 0 aliphatic heterocycles. The molecule has 0 atom stereocenters. The molecule has 23 heavy (non-hydrogen) atoms. The van der Waals surface area contributed by atoms with Gasteiger partial charge in [0.05, 0.1) is 24.5 Å². The van der Waals surface area contributed by atoms with Gasteiger partial charge in [-0.2, -0.15) is 5.26 Å². The molecule has 1 heterocycles. The largest absolute Gasteiger partial charge is 0.490 e. The van der Waals surface area contributed by atoms with Gasteiger partial charge in [0.15, 0.2) is 11.5 Å². The summed E-state index contributed by atoms with van der Waals surface area (Å²) in [6.45, 7) is 5.19. The highest BCUT2D eigenvalue weighted by Gasteiger charge is 2.07. The molecule has 1 aromatic heterocycles. The Balaban J connectivity index is 2.33. The number of hydrogen-bond acceptors (Lipinski definition) is 4. The number of aromatic nitrogens is 1. The molecule has 118 valence electrons. The van der Waals surface area contributed by atoms with E-state index in [0.717, 1.165) is 17.7 Å². The minimum atomic E-state index is 0.510. The summed E-state index contributed by atoms with van der Waals surface area (Å²) >= 11 is 0. The second-order valence-corrected chi connectivity index (χ2v) is 4.87. The zero-order valence-corrected chi connectivity index (χ0v) is 13.5. The van der Waals surface area contributed by atoms with Gasteiger partial charge in [0.1, 0.15) is 6.07 Å². The lowest BCUT2D eigenvalue weighted by Crippen LogP contribution is -2.00. The fourth-order valence-corrected chi connectivity index (χ4v) is 2.07. The summed E-state index contributed by atoms with van der Waals surface area (Å²) in [5.41, 5.74) is 2.04. The van der Waals surface area contributed by atoms with Gasteiger partial charge < -0.3 is 9.47 Å². The van der Waals surface area contributed by atoms with Crippen molar-refractivity contribution in [3.63, 3.8) is 0 Å². The maximum Gasteiger partial charge on any atom is 0.161 e. The highest BCUT2D eigenvalue weighted by molar-refractivity contribution is 5.88. The fourth-order valence-electron chi connectivity index (χ4n) is 2.07. The molecule has 0 saturated heterocycles. The molecular weight excluding hydrogens is 288 g/mol. The number of nitrogens with zero attached hydrogens (tertiary/aromatic N) is 2. The standard InChI is InChI=1S/C19H20N2O2/c1-3-11-23-18-9-8-15(13-19(18)22-4-2)12-16(14-20)17-7-5-6-10-21-17/h5-10,12-13H,3-4,11H2,1-2H3/b16-12-. The molecule has 0 saturated carbocycles. The molecule has 2 aromatic rings. The van der Waals surface area contributed by atoms with Crippen molar-refractivity contribution in [2.45, 2.75) is 20.3 Å². The molecule has 0 N–H and O–H groups in total. The smallest absolute Gasteiger partial charge is 0.161 e. The number of benzene rings is 1. The Kier molecular flexibility index (Phi) is 6.19. The van der Waals surface area contributed by atoms with E-state index in [2.05, 4.69) is 18.0 Å². The fraction of sp³-hybridized carbons (Fsp3) is 0.263. The lowest BCUT2D eigenvalue weighted by molar-refractivity contribution is 0.277. The van der Waals surface area contributed by atoms with E-state index in [9.17, 15) is 5.26 Å². The summed E-state index contributed by atoms with van der Waals surface area (Å²) < 4.78 is 11.3. The number of rotatable bonds is 7. The van der Waals surface area contributed by atoms with E-state index in [4.69, 9.17) is 9.47 Å². The Morgan fingerprint density at radius 1 is 1.17 bits per heavy atom. The van der Waals surface area contributed by atoms with Crippen molar-refractivity contribution in [3.05, 3.63) is 53.9 Å². The normalized spacial score (nSPS) is 10.9. The first-order valence-corrected chi connectivity index (χ1v) is 7.71.